The van der Waals surface area contributed by atoms with Gasteiger partial charge in [0, 0.05) is 11.3 Å². The Bertz CT molecular complexity index is 516. The third-order valence-corrected chi connectivity index (χ3v) is 2.84. The standard InChI is InChI=1S/C15H22FNO2.C2H2/c1-9-6-7-11(16)13(14(9)17)10(2)8-12(18)19-15(3,4)5;1-2/h6-7,10H,8,17H2,1-5H3;1-2H. The second kappa shape index (κ2) is 7.68. The molecule has 0 aliphatic carbocycles. The average Bonchev–Trinajstić information content (AvgIpc) is 2.34. The van der Waals surface area contributed by atoms with Gasteiger partial charge in [0.1, 0.15) is 11.4 Å². The second-order valence-corrected chi connectivity index (χ2v) is 5.88. The summed E-state index contributed by atoms with van der Waals surface area (Å²) in [6.45, 7) is 9.00. The van der Waals surface area contributed by atoms with E-state index in [1.807, 2.05) is 6.92 Å². The van der Waals surface area contributed by atoms with Gasteiger partial charge < -0.3 is 10.5 Å². The lowest BCUT2D eigenvalue weighted by Crippen LogP contribution is -2.24. The van der Waals surface area contributed by atoms with Crippen LogP contribution in [-0.2, 0) is 9.53 Å². The number of aryl methyl sites for hydroxylation is 1. The number of benzene rings is 1. The van der Waals surface area contributed by atoms with Crippen LogP contribution in [0.3, 0.4) is 0 Å². The molecule has 0 amide bonds. The van der Waals surface area contributed by atoms with E-state index in [1.165, 1.54) is 6.07 Å². The van der Waals surface area contributed by atoms with Crippen LogP contribution in [-0.4, -0.2) is 11.6 Å². The molecule has 0 aliphatic rings. The van der Waals surface area contributed by atoms with Gasteiger partial charge in [0.2, 0.25) is 0 Å². The molecule has 1 unspecified atom stereocenters. The van der Waals surface area contributed by atoms with E-state index in [0.29, 0.717) is 11.3 Å². The van der Waals surface area contributed by atoms with E-state index in [1.54, 1.807) is 33.8 Å². The number of esters is 1. The Morgan fingerprint density at radius 1 is 1.38 bits per heavy atom. The highest BCUT2D eigenvalue weighted by molar-refractivity contribution is 5.72. The van der Waals surface area contributed by atoms with E-state index in [-0.39, 0.29) is 24.1 Å². The van der Waals surface area contributed by atoms with E-state index >= 15 is 0 Å². The highest BCUT2D eigenvalue weighted by atomic mass is 19.1. The summed E-state index contributed by atoms with van der Waals surface area (Å²) in [4.78, 5) is 11.8. The molecule has 1 atom stereocenters. The van der Waals surface area contributed by atoms with Crippen LogP contribution >= 0.6 is 0 Å². The first-order valence-electron chi connectivity index (χ1n) is 6.71. The number of anilines is 1. The van der Waals surface area contributed by atoms with Gasteiger partial charge in [-0.15, -0.1) is 12.8 Å². The predicted molar refractivity (Wildman–Crippen MR) is 84.3 cm³/mol. The van der Waals surface area contributed by atoms with Crippen LogP contribution in [0, 0.1) is 25.6 Å². The molecule has 1 aromatic carbocycles. The van der Waals surface area contributed by atoms with E-state index in [9.17, 15) is 9.18 Å². The number of hydrogen-bond donors (Lipinski definition) is 1. The van der Waals surface area contributed by atoms with Crippen LogP contribution in [0.25, 0.3) is 0 Å². The first-order valence-corrected chi connectivity index (χ1v) is 6.71. The molecule has 0 saturated heterocycles. The van der Waals surface area contributed by atoms with Gasteiger partial charge >= 0.3 is 5.97 Å². The Morgan fingerprint density at radius 3 is 2.38 bits per heavy atom. The number of nitrogen functional groups attached to an aromatic ring is 1. The van der Waals surface area contributed by atoms with Crippen molar-refractivity contribution in [2.45, 2.75) is 52.6 Å². The minimum atomic E-state index is -0.534. The van der Waals surface area contributed by atoms with Crippen LogP contribution in [0.15, 0.2) is 12.1 Å². The fourth-order valence-electron chi connectivity index (χ4n) is 1.95. The van der Waals surface area contributed by atoms with Gasteiger partial charge in [0.15, 0.2) is 0 Å². The summed E-state index contributed by atoms with van der Waals surface area (Å²) in [7, 11) is 0. The number of hydrogen-bond acceptors (Lipinski definition) is 3. The largest absolute Gasteiger partial charge is 0.460 e. The molecule has 4 heteroatoms. The van der Waals surface area contributed by atoms with Crippen molar-refractivity contribution in [3.05, 3.63) is 29.1 Å². The summed E-state index contributed by atoms with van der Waals surface area (Å²) in [5, 5.41) is 0. The van der Waals surface area contributed by atoms with Gasteiger partial charge in [-0.2, -0.15) is 0 Å². The summed E-state index contributed by atoms with van der Waals surface area (Å²) in [6.07, 6.45) is 8.11. The summed E-state index contributed by atoms with van der Waals surface area (Å²) in [5.41, 5.74) is 6.98. The van der Waals surface area contributed by atoms with Crippen molar-refractivity contribution in [3.63, 3.8) is 0 Å². The van der Waals surface area contributed by atoms with E-state index in [2.05, 4.69) is 12.8 Å². The maximum absolute atomic E-state index is 13.8. The third kappa shape index (κ3) is 5.86. The normalized spacial score (nSPS) is 12.0. The molecule has 1 rings (SSSR count). The van der Waals surface area contributed by atoms with Crippen LogP contribution < -0.4 is 5.73 Å². The van der Waals surface area contributed by atoms with Crippen molar-refractivity contribution in [3.8, 4) is 12.8 Å². The Balaban J connectivity index is 0.00000191. The lowest BCUT2D eigenvalue weighted by molar-refractivity contribution is -0.155. The minimum Gasteiger partial charge on any atom is -0.460 e. The lowest BCUT2D eigenvalue weighted by atomic mass is 9.93. The van der Waals surface area contributed by atoms with Crippen molar-refractivity contribution in [2.75, 3.05) is 5.73 Å². The van der Waals surface area contributed by atoms with Gasteiger partial charge in [-0.25, -0.2) is 4.39 Å². The molecule has 21 heavy (non-hydrogen) atoms. The molecular formula is C17H24FNO2. The number of ether oxygens (including phenoxy) is 1. The van der Waals surface area contributed by atoms with Gasteiger partial charge in [-0.3, -0.25) is 4.79 Å². The SMILES string of the molecule is C#C.Cc1ccc(F)c(C(C)CC(=O)OC(C)(C)C)c1N. The first kappa shape index (κ1) is 19.0. The van der Waals surface area contributed by atoms with Gasteiger partial charge in [-0.05, 0) is 45.2 Å². The number of carbonyl (C=O) groups is 1. The van der Waals surface area contributed by atoms with Crippen molar-refractivity contribution in [2.24, 2.45) is 0 Å². The summed E-state index contributed by atoms with van der Waals surface area (Å²) >= 11 is 0. The quantitative estimate of drug-likeness (QED) is 0.524. The van der Waals surface area contributed by atoms with Crippen LogP contribution in [0.2, 0.25) is 0 Å². The van der Waals surface area contributed by atoms with Crippen LogP contribution in [0.1, 0.15) is 51.2 Å². The molecule has 0 fully saturated rings. The lowest BCUT2D eigenvalue weighted by Gasteiger charge is -2.22. The molecule has 0 aromatic heterocycles. The molecular weight excluding hydrogens is 269 g/mol. The van der Waals surface area contributed by atoms with Crippen molar-refractivity contribution < 1.29 is 13.9 Å². The number of nitrogens with two attached hydrogens (primary N) is 1. The monoisotopic (exact) mass is 293 g/mol. The van der Waals surface area contributed by atoms with Gasteiger partial charge in [0.05, 0.1) is 6.42 Å². The fraction of sp³-hybridized carbons (Fsp3) is 0.471. The summed E-state index contributed by atoms with van der Waals surface area (Å²) < 4.78 is 19.1. The van der Waals surface area contributed by atoms with Crippen molar-refractivity contribution >= 4 is 11.7 Å². The number of terminal acetylenes is 1. The van der Waals surface area contributed by atoms with E-state index in [0.717, 1.165) is 5.56 Å². The molecule has 1 aromatic rings. The summed E-state index contributed by atoms with van der Waals surface area (Å²) in [5.74, 6) is -1.03. The zero-order valence-corrected chi connectivity index (χ0v) is 13.4. The smallest absolute Gasteiger partial charge is 0.306 e. The highest BCUT2D eigenvalue weighted by Gasteiger charge is 2.22. The zero-order valence-electron chi connectivity index (χ0n) is 13.4. The maximum Gasteiger partial charge on any atom is 0.306 e. The molecule has 0 saturated carbocycles. The molecule has 2 N–H and O–H groups in total. The Hall–Kier alpha value is -2.02. The molecule has 0 heterocycles. The van der Waals surface area contributed by atoms with Crippen molar-refractivity contribution in [1.29, 1.82) is 0 Å². The predicted octanol–water partition coefficient (Wildman–Crippen LogP) is 3.80. The molecule has 0 bridgehead atoms. The van der Waals surface area contributed by atoms with Gasteiger partial charge in [0.25, 0.3) is 0 Å². The van der Waals surface area contributed by atoms with Crippen LogP contribution in [0.5, 0.6) is 0 Å². The second-order valence-electron chi connectivity index (χ2n) is 5.88. The summed E-state index contributed by atoms with van der Waals surface area (Å²) in [6, 6.07) is 3.01. The number of carbonyl (C=O) groups excluding carboxylic acids is 1. The minimum absolute atomic E-state index is 0.113. The van der Waals surface area contributed by atoms with Crippen LogP contribution in [0.4, 0.5) is 10.1 Å². The Labute approximate surface area is 126 Å². The molecule has 116 valence electrons. The van der Waals surface area contributed by atoms with E-state index < -0.39 is 5.60 Å². The topological polar surface area (TPSA) is 52.3 Å². The average molecular weight is 293 g/mol. The Morgan fingerprint density at radius 2 is 1.90 bits per heavy atom. The van der Waals surface area contributed by atoms with E-state index in [4.69, 9.17) is 10.5 Å². The third-order valence-electron chi connectivity index (χ3n) is 2.84. The number of rotatable bonds is 3. The molecule has 0 radical (unpaired) electrons. The molecule has 0 aliphatic heterocycles. The molecule has 0 spiro atoms. The maximum atomic E-state index is 13.8. The Kier molecular flexibility index (Phi) is 6.94. The first-order chi connectivity index (χ1) is 9.61. The molecule has 3 nitrogen and oxygen atoms in total. The highest BCUT2D eigenvalue weighted by Crippen LogP contribution is 2.30. The number of halogens is 1. The van der Waals surface area contributed by atoms with Crippen molar-refractivity contribution in [1.82, 2.24) is 0 Å². The fourth-order valence-corrected chi connectivity index (χ4v) is 1.95. The zero-order chi connectivity index (χ0) is 16.8. The van der Waals surface area contributed by atoms with Gasteiger partial charge in [-0.1, -0.05) is 13.0 Å².